The van der Waals surface area contributed by atoms with Crippen molar-refractivity contribution in [2.24, 2.45) is 11.7 Å². The zero-order valence-electron chi connectivity index (χ0n) is 14.8. The molecular weight excluding hydrogens is 352 g/mol. The molecule has 1 aliphatic rings. The molecule has 1 unspecified atom stereocenters. The molecule has 0 radical (unpaired) electrons. The fraction of sp³-hybridized carbons (Fsp3) is 0.350. The SMILES string of the molecule is CCOc1ccccc1Oc1ccccc1C(=O)NCC(N)C1CC1.Cl. The van der Waals surface area contributed by atoms with Gasteiger partial charge < -0.3 is 20.5 Å². The van der Waals surface area contributed by atoms with Gasteiger partial charge in [-0.15, -0.1) is 12.4 Å². The minimum absolute atomic E-state index is 0. The van der Waals surface area contributed by atoms with E-state index in [9.17, 15) is 4.79 Å². The van der Waals surface area contributed by atoms with Crippen LogP contribution in [0.5, 0.6) is 17.2 Å². The number of halogens is 1. The first-order valence-electron chi connectivity index (χ1n) is 8.71. The summed E-state index contributed by atoms with van der Waals surface area (Å²) in [4.78, 5) is 12.5. The van der Waals surface area contributed by atoms with Gasteiger partial charge in [-0.05, 0) is 49.9 Å². The van der Waals surface area contributed by atoms with Crippen molar-refractivity contribution >= 4 is 18.3 Å². The monoisotopic (exact) mass is 376 g/mol. The molecule has 0 spiro atoms. The standard InChI is InChI=1S/C20H24N2O3.ClH/c1-2-24-18-9-5-6-10-19(18)25-17-8-4-3-7-15(17)20(23)22-13-16(21)14-11-12-14;/h3-10,14,16H,2,11-13,21H2,1H3,(H,22,23);1H. The van der Waals surface area contributed by atoms with Crippen LogP contribution in [0.25, 0.3) is 0 Å². The Morgan fingerprint density at radius 2 is 1.73 bits per heavy atom. The van der Waals surface area contributed by atoms with E-state index < -0.39 is 0 Å². The molecule has 26 heavy (non-hydrogen) atoms. The van der Waals surface area contributed by atoms with Crippen LogP contribution in [0.4, 0.5) is 0 Å². The lowest BCUT2D eigenvalue weighted by Crippen LogP contribution is -2.38. The minimum atomic E-state index is -0.180. The Morgan fingerprint density at radius 3 is 2.38 bits per heavy atom. The van der Waals surface area contributed by atoms with E-state index in [2.05, 4.69) is 5.32 Å². The topological polar surface area (TPSA) is 73.6 Å². The minimum Gasteiger partial charge on any atom is -0.490 e. The predicted molar refractivity (Wildman–Crippen MR) is 104 cm³/mol. The lowest BCUT2D eigenvalue weighted by Gasteiger charge is -2.15. The van der Waals surface area contributed by atoms with Gasteiger partial charge in [0, 0.05) is 12.6 Å². The second kappa shape index (κ2) is 9.46. The summed E-state index contributed by atoms with van der Waals surface area (Å²) in [7, 11) is 0. The van der Waals surface area contributed by atoms with Crippen LogP contribution in [0, 0.1) is 5.92 Å². The van der Waals surface area contributed by atoms with Gasteiger partial charge in [-0.1, -0.05) is 24.3 Å². The average molecular weight is 377 g/mol. The van der Waals surface area contributed by atoms with E-state index in [4.69, 9.17) is 15.2 Å². The molecular formula is C20H25ClN2O3. The molecule has 2 aromatic carbocycles. The van der Waals surface area contributed by atoms with Gasteiger partial charge in [-0.3, -0.25) is 4.79 Å². The lowest BCUT2D eigenvalue weighted by atomic mass is 10.1. The van der Waals surface area contributed by atoms with Crippen molar-refractivity contribution < 1.29 is 14.3 Å². The molecule has 2 aromatic rings. The molecule has 1 amide bonds. The third kappa shape index (κ3) is 5.13. The highest BCUT2D eigenvalue weighted by molar-refractivity contribution is 5.97. The van der Waals surface area contributed by atoms with Crippen molar-refractivity contribution in [2.75, 3.05) is 13.2 Å². The molecule has 140 valence electrons. The maximum absolute atomic E-state index is 12.5. The maximum atomic E-state index is 12.5. The van der Waals surface area contributed by atoms with E-state index in [0.29, 0.717) is 41.9 Å². The summed E-state index contributed by atoms with van der Waals surface area (Å²) in [6.07, 6.45) is 2.32. The Bertz CT molecular complexity index is 735. The Balaban J connectivity index is 0.00000243. The molecule has 3 rings (SSSR count). The lowest BCUT2D eigenvalue weighted by molar-refractivity contribution is 0.0948. The van der Waals surface area contributed by atoms with E-state index in [0.717, 1.165) is 12.8 Å². The molecule has 1 atom stereocenters. The summed E-state index contributed by atoms with van der Waals surface area (Å²) in [5, 5.41) is 2.91. The number of hydrogen-bond donors (Lipinski definition) is 2. The van der Waals surface area contributed by atoms with Gasteiger partial charge in [-0.2, -0.15) is 0 Å². The molecule has 0 heterocycles. The maximum Gasteiger partial charge on any atom is 0.255 e. The molecule has 1 saturated carbocycles. The number of carbonyl (C=O) groups is 1. The Kier molecular flexibility index (Phi) is 7.30. The summed E-state index contributed by atoms with van der Waals surface area (Å²) in [5.74, 6) is 2.09. The predicted octanol–water partition coefficient (Wildman–Crippen LogP) is 3.77. The third-order valence-electron chi connectivity index (χ3n) is 4.23. The zero-order valence-corrected chi connectivity index (χ0v) is 15.6. The smallest absolute Gasteiger partial charge is 0.255 e. The third-order valence-corrected chi connectivity index (χ3v) is 4.23. The van der Waals surface area contributed by atoms with E-state index in [-0.39, 0.29) is 24.4 Å². The van der Waals surface area contributed by atoms with Gasteiger partial charge in [0.05, 0.1) is 12.2 Å². The number of rotatable bonds is 8. The van der Waals surface area contributed by atoms with Crippen molar-refractivity contribution in [2.45, 2.75) is 25.8 Å². The number of nitrogens with two attached hydrogens (primary N) is 1. The van der Waals surface area contributed by atoms with Crippen LogP contribution in [0.15, 0.2) is 48.5 Å². The van der Waals surface area contributed by atoms with E-state index in [1.54, 1.807) is 12.1 Å². The average Bonchev–Trinajstić information content (AvgIpc) is 3.47. The van der Waals surface area contributed by atoms with Gasteiger partial charge >= 0.3 is 0 Å². The van der Waals surface area contributed by atoms with Crippen molar-refractivity contribution in [1.82, 2.24) is 5.32 Å². The quantitative estimate of drug-likeness (QED) is 0.735. The summed E-state index contributed by atoms with van der Waals surface area (Å²) in [6, 6.07) is 14.6. The van der Waals surface area contributed by atoms with Crippen LogP contribution in [0.1, 0.15) is 30.1 Å². The van der Waals surface area contributed by atoms with Gasteiger partial charge in [0.2, 0.25) is 0 Å². The second-order valence-corrected chi connectivity index (χ2v) is 6.19. The zero-order chi connectivity index (χ0) is 17.6. The number of benzene rings is 2. The Morgan fingerprint density at radius 1 is 1.12 bits per heavy atom. The number of para-hydroxylation sites is 3. The summed E-state index contributed by atoms with van der Waals surface area (Å²) in [5.41, 5.74) is 6.54. The molecule has 3 N–H and O–H groups in total. The first-order chi connectivity index (χ1) is 12.2. The van der Waals surface area contributed by atoms with Gasteiger partial charge in [-0.25, -0.2) is 0 Å². The molecule has 0 aromatic heterocycles. The number of amides is 1. The molecule has 1 fully saturated rings. The van der Waals surface area contributed by atoms with Crippen molar-refractivity contribution in [3.05, 3.63) is 54.1 Å². The first kappa shape index (κ1) is 20.1. The van der Waals surface area contributed by atoms with Crippen LogP contribution in [0.3, 0.4) is 0 Å². The summed E-state index contributed by atoms with van der Waals surface area (Å²) in [6.45, 7) is 2.94. The molecule has 6 heteroatoms. The number of carbonyl (C=O) groups excluding carboxylic acids is 1. The Labute approximate surface area is 160 Å². The van der Waals surface area contributed by atoms with Crippen molar-refractivity contribution in [3.63, 3.8) is 0 Å². The van der Waals surface area contributed by atoms with Crippen LogP contribution in [-0.4, -0.2) is 25.1 Å². The van der Waals surface area contributed by atoms with Crippen LogP contribution in [-0.2, 0) is 0 Å². The van der Waals surface area contributed by atoms with E-state index in [1.165, 1.54) is 0 Å². The van der Waals surface area contributed by atoms with Crippen LogP contribution in [0.2, 0.25) is 0 Å². The largest absolute Gasteiger partial charge is 0.490 e. The number of hydrogen-bond acceptors (Lipinski definition) is 4. The van der Waals surface area contributed by atoms with Gasteiger partial charge in [0.15, 0.2) is 11.5 Å². The number of nitrogens with one attached hydrogen (secondary N) is 1. The molecule has 0 bridgehead atoms. The Hall–Kier alpha value is -2.24. The summed E-state index contributed by atoms with van der Waals surface area (Å²) >= 11 is 0. The molecule has 0 aliphatic heterocycles. The fourth-order valence-corrected chi connectivity index (χ4v) is 2.67. The van der Waals surface area contributed by atoms with Crippen LogP contribution >= 0.6 is 12.4 Å². The highest BCUT2D eigenvalue weighted by atomic mass is 35.5. The summed E-state index contributed by atoms with van der Waals surface area (Å²) < 4.78 is 11.5. The van der Waals surface area contributed by atoms with Crippen LogP contribution < -0.4 is 20.5 Å². The fourth-order valence-electron chi connectivity index (χ4n) is 2.67. The molecule has 1 aliphatic carbocycles. The van der Waals surface area contributed by atoms with Gasteiger partial charge in [0.25, 0.3) is 5.91 Å². The number of ether oxygens (including phenoxy) is 2. The second-order valence-electron chi connectivity index (χ2n) is 6.19. The molecule has 5 nitrogen and oxygen atoms in total. The highest BCUT2D eigenvalue weighted by Gasteiger charge is 2.28. The first-order valence-corrected chi connectivity index (χ1v) is 8.71. The van der Waals surface area contributed by atoms with Crippen molar-refractivity contribution in [1.29, 1.82) is 0 Å². The van der Waals surface area contributed by atoms with Crippen molar-refractivity contribution in [3.8, 4) is 17.2 Å². The normalized spacial score (nSPS) is 14.1. The van der Waals surface area contributed by atoms with Gasteiger partial charge in [0.1, 0.15) is 5.75 Å². The van der Waals surface area contributed by atoms with E-state index in [1.807, 2.05) is 43.3 Å². The highest BCUT2D eigenvalue weighted by Crippen LogP contribution is 2.33. The molecule has 0 saturated heterocycles. The van der Waals surface area contributed by atoms with E-state index >= 15 is 0 Å².